The summed E-state index contributed by atoms with van der Waals surface area (Å²) < 4.78 is 14.6. The average Bonchev–Trinajstić information content (AvgIpc) is 3.08. The van der Waals surface area contributed by atoms with Crippen molar-refractivity contribution in [2.45, 2.75) is 0 Å². The van der Waals surface area contributed by atoms with E-state index in [1.807, 2.05) is 11.4 Å². The first-order valence-electron chi connectivity index (χ1n) is 5.78. The first kappa shape index (κ1) is 12.6. The Morgan fingerprint density at radius 1 is 1.30 bits per heavy atom. The summed E-state index contributed by atoms with van der Waals surface area (Å²) in [5, 5.41) is 15.4. The molecule has 20 heavy (non-hydrogen) atoms. The van der Waals surface area contributed by atoms with Gasteiger partial charge in [0.15, 0.2) is 0 Å². The van der Waals surface area contributed by atoms with Crippen molar-refractivity contribution in [2.24, 2.45) is 0 Å². The predicted molar refractivity (Wildman–Crippen MR) is 73.8 cm³/mol. The molecule has 0 aliphatic rings. The van der Waals surface area contributed by atoms with E-state index in [1.165, 1.54) is 34.3 Å². The summed E-state index contributed by atoms with van der Waals surface area (Å²) in [5.74, 6) is -1.45. The van der Waals surface area contributed by atoms with Crippen LogP contribution in [0.2, 0.25) is 0 Å². The van der Waals surface area contributed by atoms with E-state index in [0.717, 1.165) is 4.88 Å². The molecule has 4 nitrogen and oxygen atoms in total. The van der Waals surface area contributed by atoms with Gasteiger partial charge in [0.2, 0.25) is 0 Å². The first-order chi connectivity index (χ1) is 9.65. The minimum atomic E-state index is -1.06. The molecule has 6 heteroatoms. The molecule has 0 unspecified atom stereocenters. The van der Waals surface area contributed by atoms with Crippen molar-refractivity contribution in [3.05, 3.63) is 59.4 Å². The monoisotopic (exact) mass is 288 g/mol. The highest BCUT2D eigenvalue weighted by Gasteiger charge is 2.18. The average molecular weight is 288 g/mol. The van der Waals surface area contributed by atoms with E-state index in [4.69, 9.17) is 0 Å². The Hall–Kier alpha value is -2.47. The molecule has 100 valence electrons. The number of halogens is 1. The Kier molecular flexibility index (Phi) is 3.08. The molecule has 2 aromatic heterocycles. The molecule has 0 amide bonds. The first-order valence-corrected chi connectivity index (χ1v) is 6.66. The summed E-state index contributed by atoms with van der Waals surface area (Å²) in [6, 6.07) is 9.47. The molecule has 0 aliphatic heterocycles. The van der Waals surface area contributed by atoms with Gasteiger partial charge in [0.25, 0.3) is 0 Å². The molecule has 1 aromatic carbocycles. The third kappa shape index (κ3) is 2.21. The van der Waals surface area contributed by atoms with Gasteiger partial charge in [-0.2, -0.15) is 5.10 Å². The van der Waals surface area contributed by atoms with Gasteiger partial charge in [0, 0.05) is 6.20 Å². The minimum Gasteiger partial charge on any atom is -0.478 e. The van der Waals surface area contributed by atoms with E-state index >= 15 is 0 Å². The maximum Gasteiger partial charge on any atom is 0.339 e. The molecule has 0 atom stereocenters. The van der Waals surface area contributed by atoms with Crippen molar-refractivity contribution in [3.8, 4) is 16.3 Å². The zero-order valence-electron chi connectivity index (χ0n) is 10.2. The van der Waals surface area contributed by atoms with E-state index in [-0.39, 0.29) is 5.56 Å². The highest BCUT2D eigenvalue weighted by atomic mass is 32.1. The number of thiophene rings is 1. The fraction of sp³-hybridized carbons (Fsp3) is 0. The van der Waals surface area contributed by atoms with Crippen LogP contribution in [0.1, 0.15) is 10.4 Å². The van der Waals surface area contributed by atoms with Crippen molar-refractivity contribution >= 4 is 17.3 Å². The van der Waals surface area contributed by atoms with Gasteiger partial charge in [-0.05, 0) is 29.6 Å². The number of benzene rings is 1. The van der Waals surface area contributed by atoms with Crippen molar-refractivity contribution < 1.29 is 14.3 Å². The maximum absolute atomic E-state index is 13.2. The molecule has 0 saturated heterocycles. The number of carboxylic acids is 1. The van der Waals surface area contributed by atoms with E-state index in [0.29, 0.717) is 11.4 Å². The van der Waals surface area contributed by atoms with Gasteiger partial charge in [-0.15, -0.1) is 11.3 Å². The molecule has 0 saturated carbocycles. The Morgan fingerprint density at radius 2 is 2.15 bits per heavy atom. The number of aromatic nitrogens is 2. The van der Waals surface area contributed by atoms with Crippen LogP contribution in [0.4, 0.5) is 4.39 Å². The van der Waals surface area contributed by atoms with E-state index in [9.17, 15) is 14.3 Å². The molecule has 0 fully saturated rings. The third-order valence-corrected chi connectivity index (χ3v) is 3.65. The standard InChI is InChI=1S/C14H9FN2O2S/c15-9-3-1-4-10(7-9)17-8-11(14(18)19)13(16-17)12-5-2-6-20-12/h1-8H,(H,18,19). The Bertz CT molecular complexity index is 765. The highest BCUT2D eigenvalue weighted by molar-refractivity contribution is 7.13. The van der Waals surface area contributed by atoms with Gasteiger partial charge in [-0.3, -0.25) is 0 Å². The van der Waals surface area contributed by atoms with Crippen molar-refractivity contribution in [2.75, 3.05) is 0 Å². The van der Waals surface area contributed by atoms with Gasteiger partial charge in [0.1, 0.15) is 17.1 Å². The Morgan fingerprint density at radius 3 is 2.80 bits per heavy atom. The third-order valence-electron chi connectivity index (χ3n) is 2.77. The van der Waals surface area contributed by atoms with Gasteiger partial charge in [-0.25, -0.2) is 13.9 Å². The van der Waals surface area contributed by atoms with Crippen LogP contribution in [-0.2, 0) is 0 Å². The number of nitrogens with zero attached hydrogens (tertiary/aromatic N) is 2. The number of rotatable bonds is 3. The molecule has 0 radical (unpaired) electrons. The number of carboxylic acid groups (broad SMARTS) is 1. The normalized spacial score (nSPS) is 10.7. The van der Waals surface area contributed by atoms with Crippen LogP contribution < -0.4 is 0 Å². The number of hydrogen-bond donors (Lipinski definition) is 1. The smallest absolute Gasteiger partial charge is 0.339 e. The SMILES string of the molecule is O=C(O)c1cn(-c2cccc(F)c2)nc1-c1cccs1. The van der Waals surface area contributed by atoms with Crippen LogP contribution in [0, 0.1) is 5.82 Å². The van der Waals surface area contributed by atoms with Crippen LogP contribution in [0.5, 0.6) is 0 Å². The van der Waals surface area contributed by atoms with Crippen LogP contribution in [0.3, 0.4) is 0 Å². The summed E-state index contributed by atoms with van der Waals surface area (Å²) in [6.07, 6.45) is 1.40. The van der Waals surface area contributed by atoms with Crippen molar-refractivity contribution in [1.29, 1.82) is 0 Å². The zero-order valence-corrected chi connectivity index (χ0v) is 11.0. The molecular formula is C14H9FN2O2S. The van der Waals surface area contributed by atoms with E-state index in [2.05, 4.69) is 5.10 Å². The van der Waals surface area contributed by atoms with Crippen LogP contribution in [0.25, 0.3) is 16.3 Å². The fourth-order valence-electron chi connectivity index (χ4n) is 1.88. The van der Waals surface area contributed by atoms with Crippen LogP contribution in [0.15, 0.2) is 48.0 Å². The molecular weight excluding hydrogens is 279 g/mol. The highest BCUT2D eigenvalue weighted by Crippen LogP contribution is 2.27. The lowest BCUT2D eigenvalue weighted by atomic mass is 10.2. The van der Waals surface area contributed by atoms with Gasteiger partial charge in [-0.1, -0.05) is 12.1 Å². The summed E-state index contributed by atoms with van der Waals surface area (Å²) >= 11 is 1.41. The lowest BCUT2D eigenvalue weighted by Gasteiger charge is -2.00. The predicted octanol–water partition coefficient (Wildman–Crippen LogP) is 3.44. The second kappa shape index (κ2) is 4.90. The van der Waals surface area contributed by atoms with Crippen LogP contribution >= 0.6 is 11.3 Å². The van der Waals surface area contributed by atoms with Gasteiger partial charge >= 0.3 is 5.97 Å². The molecule has 0 spiro atoms. The van der Waals surface area contributed by atoms with Crippen molar-refractivity contribution in [1.82, 2.24) is 9.78 Å². The summed E-state index contributed by atoms with van der Waals surface area (Å²) in [6.45, 7) is 0. The molecule has 3 rings (SSSR count). The molecule has 3 aromatic rings. The van der Waals surface area contributed by atoms with E-state index < -0.39 is 11.8 Å². The summed E-state index contributed by atoms with van der Waals surface area (Å²) in [4.78, 5) is 12.1. The number of carbonyl (C=O) groups is 1. The second-order valence-electron chi connectivity index (χ2n) is 4.10. The fourth-order valence-corrected chi connectivity index (χ4v) is 2.60. The second-order valence-corrected chi connectivity index (χ2v) is 5.05. The van der Waals surface area contributed by atoms with Gasteiger partial charge < -0.3 is 5.11 Å². The van der Waals surface area contributed by atoms with Gasteiger partial charge in [0.05, 0.1) is 10.6 Å². The zero-order chi connectivity index (χ0) is 14.1. The maximum atomic E-state index is 13.2. The Labute approximate surface area is 117 Å². The van der Waals surface area contributed by atoms with Crippen LogP contribution in [-0.4, -0.2) is 20.9 Å². The number of hydrogen-bond acceptors (Lipinski definition) is 3. The van der Waals surface area contributed by atoms with E-state index in [1.54, 1.807) is 18.2 Å². The topological polar surface area (TPSA) is 55.1 Å². The Balaban J connectivity index is 2.15. The quantitative estimate of drug-likeness (QED) is 0.803. The summed E-state index contributed by atoms with van der Waals surface area (Å²) in [5.41, 5.74) is 0.962. The molecule has 0 aliphatic carbocycles. The summed E-state index contributed by atoms with van der Waals surface area (Å²) in [7, 11) is 0. The lowest BCUT2D eigenvalue weighted by Crippen LogP contribution is -1.96. The number of aromatic carboxylic acids is 1. The largest absolute Gasteiger partial charge is 0.478 e. The molecule has 0 bridgehead atoms. The minimum absolute atomic E-state index is 0.0942. The van der Waals surface area contributed by atoms with Crippen molar-refractivity contribution in [3.63, 3.8) is 0 Å². The lowest BCUT2D eigenvalue weighted by molar-refractivity contribution is 0.0697. The molecule has 1 N–H and O–H groups in total. The molecule has 2 heterocycles.